The summed E-state index contributed by atoms with van der Waals surface area (Å²) in [7, 11) is 4.94. The van der Waals surface area contributed by atoms with E-state index < -0.39 is 108 Å². The minimum atomic E-state index is -2.00. The van der Waals surface area contributed by atoms with Gasteiger partial charge >= 0.3 is 5.97 Å². The van der Waals surface area contributed by atoms with E-state index in [-0.39, 0.29) is 43.1 Å². The van der Waals surface area contributed by atoms with Crippen molar-refractivity contribution >= 4 is 17.7 Å². The van der Waals surface area contributed by atoms with Crippen molar-refractivity contribution in [2.24, 2.45) is 23.7 Å². The molecule has 0 saturated carbocycles. The summed E-state index contributed by atoms with van der Waals surface area (Å²) in [5.74, 6) is -4.67. The van der Waals surface area contributed by atoms with Crippen LogP contribution in [0.3, 0.4) is 0 Å². The number of likely N-dealkylation sites (tertiary alicyclic amines) is 1. The molecule has 19 atom stereocenters. The van der Waals surface area contributed by atoms with Gasteiger partial charge in [-0.05, 0) is 106 Å². The number of Topliss-reactive ketones (excluding diaryl/α,β-unsaturated/α-hetero) is 1. The molecule has 0 bridgehead atoms. The zero-order valence-corrected chi connectivity index (χ0v) is 43.7. The molecule has 17 heteroatoms. The molecule has 4 heterocycles. The number of likely N-dealkylation sites (N-methyl/N-ethyl adjacent to an activating group) is 1. The van der Waals surface area contributed by atoms with Crippen LogP contribution in [0.5, 0.6) is 0 Å². The summed E-state index contributed by atoms with van der Waals surface area (Å²) in [6.07, 6.45) is -7.06. The number of aliphatic hydroxyl groups excluding tert-OH is 3. The first-order valence-electron chi connectivity index (χ1n) is 25.4. The lowest BCUT2D eigenvalue weighted by Gasteiger charge is -2.50. The van der Waals surface area contributed by atoms with Gasteiger partial charge < -0.3 is 63.8 Å². The molecule has 4 fully saturated rings. The molecule has 4 aliphatic heterocycles. The van der Waals surface area contributed by atoms with Gasteiger partial charge in [-0.1, -0.05) is 58.0 Å². The molecule has 2 unspecified atom stereocenters. The van der Waals surface area contributed by atoms with Crippen LogP contribution in [0.25, 0.3) is 0 Å². The number of cyclic esters (lactones) is 1. The van der Waals surface area contributed by atoms with E-state index >= 15 is 0 Å². The van der Waals surface area contributed by atoms with Gasteiger partial charge in [0.25, 0.3) is 0 Å². The van der Waals surface area contributed by atoms with E-state index in [1.54, 1.807) is 48.5 Å². The van der Waals surface area contributed by atoms with Crippen molar-refractivity contribution in [3.63, 3.8) is 0 Å². The van der Waals surface area contributed by atoms with Gasteiger partial charge in [0.1, 0.15) is 29.7 Å². The molecule has 1 amide bonds. The number of benzene rings is 1. The van der Waals surface area contributed by atoms with E-state index in [4.69, 9.17) is 33.2 Å². The van der Waals surface area contributed by atoms with Gasteiger partial charge in [0.15, 0.2) is 12.6 Å². The Balaban J connectivity index is 1.41. The molecule has 69 heavy (non-hydrogen) atoms. The maximum Gasteiger partial charge on any atom is 0.311 e. The Morgan fingerprint density at radius 3 is 2.22 bits per heavy atom. The second kappa shape index (κ2) is 24.4. The maximum atomic E-state index is 14.4. The summed E-state index contributed by atoms with van der Waals surface area (Å²) >= 11 is 0. The lowest BCUT2D eigenvalue weighted by atomic mass is 9.74. The monoisotopic (exact) mass is 978 g/mol. The summed E-state index contributed by atoms with van der Waals surface area (Å²) in [6.45, 7) is 19.7. The quantitative estimate of drug-likeness (QED) is 0.124. The van der Waals surface area contributed by atoms with Crippen LogP contribution in [0, 0.1) is 23.7 Å². The molecule has 1 aromatic carbocycles. The second-order valence-electron chi connectivity index (χ2n) is 21.4. The molecule has 0 radical (unpaired) electrons. The van der Waals surface area contributed by atoms with E-state index in [0.29, 0.717) is 25.9 Å². The number of ether oxygens (including phenoxy) is 7. The van der Waals surface area contributed by atoms with Crippen LogP contribution in [0.2, 0.25) is 0 Å². The molecular weight excluding hydrogens is 891 g/mol. The van der Waals surface area contributed by atoms with Crippen molar-refractivity contribution in [2.45, 2.75) is 211 Å². The Labute approximate surface area is 411 Å². The smallest absolute Gasteiger partial charge is 0.311 e. The molecule has 1 aromatic rings. The molecule has 5 rings (SSSR count). The molecular formula is C52H87N3O14. The fourth-order valence-electron chi connectivity index (χ4n) is 11.5. The fourth-order valence-corrected chi connectivity index (χ4v) is 11.5. The molecule has 5 N–H and O–H groups in total. The van der Waals surface area contributed by atoms with Gasteiger partial charge in [-0.3, -0.25) is 19.3 Å². The van der Waals surface area contributed by atoms with E-state index in [1.165, 1.54) is 26.7 Å². The maximum absolute atomic E-state index is 14.4. The predicted molar refractivity (Wildman–Crippen MR) is 257 cm³/mol. The average Bonchev–Trinajstić information content (AvgIpc) is 3.79. The summed E-state index contributed by atoms with van der Waals surface area (Å²) in [5, 5.41) is 49.9. The van der Waals surface area contributed by atoms with Crippen molar-refractivity contribution in [2.75, 3.05) is 40.9 Å². The summed E-state index contributed by atoms with van der Waals surface area (Å²) < 4.78 is 44.7. The molecule has 0 spiro atoms. The Kier molecular flexibility index (Phi) is 20.2. The minimum absolute atomic E-state index is 0.0243. The molecule has 4 saturated heterocycles. The first-order chi connectivity index (χ1) is 32.4. The van der Waals surface area contributed by atoms with Crippen LogP contribution < -0.4 is 5.32 Å². The standard InChI is InChI=1S/C52H87N3O14/c1-14-39-52(10,62)44(58)32(4)41(56)30(2)27-51(9,64-13)46(33(5)43(34(6)48(61)67-39)68-40-28-50(8,63-12)45(59)35(7)66-40)69-49-42(57)38(26-31(3)65-49)54(11)24-19-23-53-47(60)37-22-18-25-55(37)29-36-20-16-15-17-21-36/h15-17,20-21,30-35,37-40,42-46,49,57-59,62H,14,18-19,22-29H2,1-13H3,(H,53,60)/t30-,31-,32+,33+,34-,35+,37?,38+,39-,40?,42-,43+,44-,45+,46-,49-,50-,51-,52-/m1/s1. The van der Waals surface area contributed by atoms with Crippen LogP contribution in [0.4, 0.5) is 0 Å². The zero-order valence-electron chi connectivity index (χ0n) is 43.7. The summed E-state index contributed by atoms with van der Waals surface area (Å²) in [4.78, 5) is 46.4. The van der Waals surface area contributed by atoms with Gasteiger partial charge in [-0.15, -0.1) is 0 Å². The number of carbonyl (C=O) groups excluding carboxylic acids is 3. The first-order valence-corrected chi connectivity index (χ1v) is 25.4. The Morgan fingerprint density at radius 1 is 0.913 bits per heavy atom. The number of nitrogens with zero attached hydrogens (tertiary/aromatic N) is 2. The number of methoxy groups -OCH3 is 2. The SMILES string of the molecule is CC[C@H]1OC(=O)[C@H](C)[C@@H](OC2C[C@@](C)(OC)[C@@H](O)[C@H](C)O2)[C@H](C)[C@@H](O[C@H]2O[C@H](C)C[C@H](N(C)CCCNC(=O)C3CCCN3Cc3ccccc3)[C@H]2O)[C@](C)(OC)C[C@@H](C)C(=O)[C@H](C)[C@@H](O)[C@]1(C)O. The van der Waals surface area contributed by atoms with Crippen molar-refractivity contribution in [1.29, 1.82) is 0 Å². The fraction of sp³-hybridized carbons (Fsp3) is 0.827. The Morgan fingerprint density at radius 2 is 1.58 bits per heavy atom. The third kappa shape index (κ3) is 13.3. The largest absolute Gasteiger partial charge is 0.459 e. The number of esters is 1. The second-order valence-corrected chi connectivity index (χ2v) is 21.4. The lowest BCUT2D eigenvalue weighted by molar-refractivity contribution is -0.319. The third-order valence-corrected chi connectivity index (χ3v) is 16.1. The van der Waals surface area contributed by atoms with Gasteiger partial charge in [0.05, 0.1) is 53.7 Å². The predicted octanol–water partition coefficient (Wildman–Crippen LogP) is 3.98. The van der Waals surface area contributed by atoms with Crippen molar-refractivity contribution in [3.8, 4) is 0 Å². The Hall–Kier alpha value is -2.65. The highest BCUT2D eigenvalue weighted by molar-refractivity contribution is 5.83. The van der Waals surface area contributed by atoms with E-state index in [2.05, 4.69) is 27.2 Å². The van der Waals surface area contributed by atoms with Crippen molar-refractivity contribution < 1.29 is 68.0 Å². The topological polar surface area (TPSA) is 215 Å². The lowest BCUT2D eigenvalue weighted by Crippen LogP contribution is -2.61. The van der Waals surface area contributed by atoms with Crippen LogP contribution in [-0.2, 0) is 54.1 Å². The van der Waals surface area contributed by atoms with Crippen LogP contribution in [0.1, 0.15) is 120 Å². The summed E-state index contributed by atoms with van der Waals surface area (Å²) in [5.41, 5.74) is -3.20. The van der Waals surface area contributed by atoms with Crippen LogP contribution in [0.15, 0.2) is 30.3 Å². The molecule has 4 aliphatic rings. The van der Waals surface area contributed by atoms with E-state index in [0.717, 1.165) is 25.9 Å². The third-order valence-electron chi connectivity index (χ3n) is 16.1. The van der Waals surface area contributed by atoms with Crippen molar-refractivity contribution in [3.05, 3.63) is 35.9 Å². The first kappa shape index (κ1) is 57.3. The van der Waals surface area contributed by atoms with Gasteiger partial charge in [-0.2, -0.15) is 0 Å². The van der Waals surface area contributed by atoms with Crippen LogP contribution in [-0.4, -0.2) is 179 Å². The molecule has 17 nitrogen and oxygen atoms in total. The van der Waals surface area contributed by atoms with E-state index in [9.17, 15) is 34.8 Å². The number of amides is 1. The average molecular weight is 978 g/mol. The molecule has 394 valence electrons. The Bertz CT molecular complexity index is 1810. The van der Waals surface area contributed by atoms with Gasteiger partial charge in [0, 0.05) is 57.5 Å². The zero-order chi connectivity index (χ0) is 51.2. The highest BCUT2D eigenvalue weighted by Gasteiger charge is 2.54. The minimum Gasteiger partial charge on any atom is -0.459 e. The number of rotatable bonds is 15. The van der Waals surface area contributed by atoms with Crippen molar-refractivity contribution in [1.82, 2.24) is 15.1 Å². The highest BCUT2D eigenvalue weighted by Crippen LogP contribution is 2.42. The number of nitrogens with one attached hydrogen (secondary N) is 1. The number of hydrogen-bond acceptors (Lipinski definition) is 16. The number of hydrogen-bond donors (Lipinski definition) is 5. The molecule has 0 aliphatic carbocycles. The summed E-state index contributed by atoms with van der Waals surface area (Å²) in [6, 6.07) is 9.59. The highest BCUT2D eigenvalue weighted by atomic mass is 16.7. The number of ketones is 1. The number of carbonyl (C=O) groups is 3. The number of aliphatic hydroxyl groups is 4. The molecule has 0 aromatic heterocycles. The van der Waals surface area contributed by atoms with Crippen LogP contribution >= 0.6 is 0 Å². The van der Waals surface area contributed by atoms with Gasteiger partial charge in [-0.25, -0.2) is 0 Å². The normalized spacial score (nSPS) is 42.2. The van der Waals surface area contributed by atoms with Gasteiger partial charge in [0.2, 0.25) is 5.91 Å². The van der Waals surface area contributed by atoms with E-state index in [1.807, 2.05) is 39.1 Å².